The van der Waals surface area contributed by atoms with Gasteiger partial charge >= 0.3 is 6.18 Å². The van der Waals surface area contributed by atoms with Crippen LogP contribution in [0.15, 0.2) is 54.7 Å². The number of carbonyl (C=O) groups excluding carboxylic acids is 1. The normalized spacial score (nSPS) is 18.2. The minimum Gasteiger partial charge on any atom is -0.325 e. The van der Waals surface area contributed by atoms with E-state index in [2.05, 4.69) is 15.6 Å². The fraction of sp³-hybridized carbons (Fsp3) is 0.273. The lowest BCUT2D eigenvalue weighted by molar-refractivity contribution is -0.137. The van der Waals surface area contributed by atoms with Gasteiger partial charge in [0.15, 0.2) is 0 Å². The molecule has 0 aliphatic carbocycles. The Hall–Kier alpha value is -2.35. The first-order valence-corrected chi connectivity index (χ1v) is 9.37. The Morgan fingerprint density at radius 2 is 1.74 bits per heavy atom. The molecule has 2 unspecified atom stereocenters. The number of aromatic nitrogens is 1. The van der Waals surface area contributed by atoms with Gasteiger partial charge in [0, 0.05) is 47.4 Å². The molecular weight excluding hydrogens is 450 g/mol. The molecule has 0 radical (unpaired) electrons. The number of hydrogen-bond acceptors (Lipinski definition) is 3. The van der Waals surface area contributed by atoms with Gasteiger partial charge in [-0.05, 0) is 36.8 Å². The van der Waals surface area contributed by atoms with E-state index in [9.17, 15) is 18.0 Å². The maximum Gasteiger partial charge on any atom is 0.416 e. The molecule has 4 rings (SSSR count). The van der Waals surface area contributed by atoms with Crippen LogP contribution in [0.2, 0.25) is 0 Å². The van der Waals surface area contributed by atoms with Crippen LogP contribution < -0.4 is 10.6 Å². The maximum atomic E-state index is 13.0. The van der Waals surface area contributed by atoms with E-state index in [1.807, 2.05) is 31.2 Å². The second-order valence-corrected chi connectivity index (χ2v) is 7.28. The smallest absolute Gasteiger partial charge is 0.325 e. The highest BCUT2D eigenvalue weighted by molar-refractivity contribution is 6.03. The summed E-state index contributed by atoms with van der Waals surface area (Å²) in [5, 5.41) is 8.06. The van der Waals surface area contributed by atoms with Gasteiger partial charge in [0.25, 0.3) is 0 Å². The molecule has 9 heteroatoms. The van der Waals surface area contributed by atoms with Crippen LogP contribution in [-0.4, -0.2) is 24.0 Å². The van der Waals surface area contributed by atoms with Gasteiger partial charge in [-0.3, -0.25) is 9.78 Å². The van der Waals surface area contributed by atoms with Gasteiger partial charge in [0.2, 0.25) is 5.91 Å². The van der Waals surface area contributed by atoms with Crippen molar-refractivity contribution in [1.29, 1.82) is 0 Å². The molecule has 1 aliphatic rings. The number of benzene rings is 2. The molecule has 1 saturated heterocycles. The molecule has 0 spiro atoms. The number of halogens is 5. The quantitative estimate of drug-likeness (QED) is 0.541. The van der Waals surface area contributed by atoms with E-state index >= 15 is 0 Å². The van der Waals surface area contributed by atoms with Crippen LogP contribution >= 0.6 is 24.8 Å². The van der Waals surface area contributed by atoms with Crippen LogP contribution in [0, 0.1) is 12.8 Å². The van der Waals surface area contributed by atoms with Crippen molar-refractivity contribution in [2.45, 2.75) is 19.0 Å². The van der Waals surface area contributed by atoms with Gasteiger partial charge in [0.05, 0.1) is 11.5 Å². The average molecular weight is 472 g/mol. The first-order chi connectivity index (χ1) is 13.8. The average Bonchev–Trinajstić information content (AvgIpc) is 3.18. The minimum atomic E-state index is -4.37. The summed E-state index contributed by atoms with van der Waals surface area (Å²) in [7, 11) is 0. The molecule has 2 heterocycles. The standard InChI is InChI=1S/C22H20F3N3O.2ClH/c1-13-16-3-2-4-20(17(16)9-10-27-13)28-21(29)19-12-26-11-18(19)14-5-7-15(8-6-14)22(23,24)25;;/h2-10,18-19,26H,11-12H2,1H3,(H,28,29);2*1H. The van der Waals surface area contributed by atoms with Gasteiger partial charge < -0.3 is 10.6 Å². The largest absolute Gasteiger partial charge is 0.416 e. The summed E-state index contributed by atoms with van der Waals surface area (Å²) >= 11 is 0. The Balaban J connectivity index is 0.00000171. The van der Waals surface area contributed by atoms with Crippen LogP contribution in [-0.2, 0) is 11.0 Å². The molecule has 1 aliphatic heterocycles. The number of fused-ring (bicyclic) bond motifs is 1. The lowest BCUT2D eigenvalue weighted by Crippen LogP contribution is -2.28. The Labute approximate surface area is 190 Å². The summed E-state index contributed by atoms with van der Waals surface area (Å²) in [6, 6.07) is 12.6. The zero-order valence-electron chi connectivity index (χ0n) is 16.6. The monoisotopic (exact) mass is 471 g/mol. The molecule has 3 aromatic rings. The van der Waals surface area contributed by atoms with Crippen molar-refractivity contribution in [3.8, 4) is 0 Å². The summed E-state index contributed by atoms with van der Waals surface area (Å²) in [5.41, 5.74) is 1.62. The molecule has 1 amide bonds. The molecule has 1 aromatic heterocycles. The highest BCUT2D eigenvalue weighted by atomic mass is 35.5. The first-order valence-electron chi connectivity index (χ1n) is 9.37. The molecular formula is C22H22Cl2F3N3O. The van der Waals surface area contributed by atoms with E-state index in [4.69, 9.17) is 0 Å². The van der Waals surface area contributed by atoms with E-state index in [-0.39, 0.29) is 42.6 Å². The summed E-state index contributed by atoms with van der Waals surface area (Å²) in [4.78, 5) is 17.3. The van der Waals surface area contributed by atoms with Crippen molar-refractivity contribution in [3.63, 3.8) is 0 Å². The maximum absolute atomic E-state index is 13.0. The van der Waals surface area contributed by atoms with E-state index in [0.717, 1.165) is 34.2 Å². The number of carbonyl (C=O) groups is 1. The molecule has 2 aromatic carbocycles. The summed E-state index contributed by atoms with van der Waals surface area (Å²) in [5.74, 6) is -0.706. The van der Waals surface area contributed by atoms with E-state index in [1.165, 1.54) is 12.1 Å². The number of aryl methyl sites for hydroxylation is 1. The van der Waals surface area contributed by atoms with E-state index in [1.54, 1.807) is 6.20 Å². The van der Waals surface area contributed by atoms with Gasteiger partial charge in [-0.25, -0.2) is 0 Å². The van der Waals surface area contributed by atoms with Crippen molar-refractivity contribution in [3.05, 3.63) is 71.5 Å². The number of rotatable bonds is 3. The number of pyridine rings is 1. The molecule has 4 nitrogen and oxygen atoms in total. The van der Waals surface area contributed by atoms with E-state index in [0.29, 0.717) is 18.8 Å². The number of nitrogens with one attached hydrogen (secondary N) is 2. The number of nitrogens with zero attached hydrogens (tertiary/aromatic N) is 1. The lowest BCUT2D eigenvalue weighted by atomic mass is 9.87. The first kappa shape index (κ1) is 24.9. The van der Waals surface area contributed by atoms with Crippen molar-refractivity contribution < 1.29 is 18.0 Å². The minimum absolute atomic E-state index is 0. The third kappa shape index (κ3) is 5.11. The molecule has 31 heavy (non-hydrogen) atoms. The number of anilines is 1. The van der Waals surface area contributed by atoms with Crippen LogP contribution in [0.1, 0.15) is 22.7 Å². The third-order valence-electron chi connectivity index (χ3n) is 5.48. The molecule has 1 fully saturated rings. The summed E-state index contributed by atoms with van der Waals surface area (Å²) in [6.07, 6.45) is -2.67. The Morgan fingerprint density at radius 3 is 2.42 bits per heavy atom. The molecule has 0 bridgehead atoms. The highest BCUT2D eigenvalue weighted by Gasteiger charge is 2.35. The van der Waals surface area contributed by atoms with Gasteiger partial charge in [0.1, 0.15) is 0 Å². The fourth-order valence-corrected chi connectivity index (χ4v) is 3.91. The fourth-order valence-electron chi connectivity index (χ4n) is 3.91. The van der Waals surface area contributed by atoms with Crippen molar-refractivity contribution in [2.24, 2.45) is 5.92 Å². The number of hydrogen-bond donors (Lipinski definition) is 2. The number of alkyl halides is 3. The van der Waals surface area contributed by atoms with E-state index < -0.39 is 11.7 Å². The molecule has 0 saturated carbocycles. The van der Waals surface area contributed by atoms with Crippen LogP contribution in [0.4, 0.5) is 18.9 Å². The number of amides is 1. The molecule has 2 N–H and O–H groups in total. The zero-order chi connectivity index (χ0) is 20.6. The third-order valence-corrected chi connectivity index (χ3v) is 5.48. The second kappa shape index (κ2) is 9.85. The van der Waals surface area contributed by atoms with Crippen LogP contribution in [0.3, 0.4) is 0 Å². The Kier molecular flexibility index (Phi) is 7.92. The van der Waals surface area contributed by atoms with Gasteiger partial charge in [-0.15, -0.1) is 24.8 Å². The van der Waals surface area contributed by atoms with Gasteiger partial charge in [-0.1, -0.05) is 24.3 Å². The van der Waals surface area contributed by atoms with Crippen molar-refractivity contribution in [1.82, 2.24) is 10.3 Å². The predicted octanol–water partition coefficient (Wildman–Crippen LogP) is 5.35. The molecule has 2 atom stereocenters. The Morgan fingerprint density at radius 1 is 1.03 bits per heavy atom. The lowest BCUT2D eigenvalue weighted by Gasteiger charge is -2.20. The zero-order valence-corrected chi connectivity index (χ0v) is 18.2. The SMILES string of the molecule is Cc1nccc2c(NC(=O)C3CNCC3c3ccc(C(F)(F)F)cc3)cccc12.Cl.Cl. The van der Waals surface area contributed by atoms with Crippen molar-refractivity contribution >= 4 is 47.2 Å². The summed E-state index contributed by atoms with van der Waals surface area (Å²) < 4.78 is 38.5. The molecule has 166 valence electrons. The summed E-state index contributed by atoms with van der Waals surface area (Å²) in [6.45, 7) is 2.93. The van der Waals surface area contributed by atoms with Crippen LogP contribution in [0.25, 0.3) is 10.8 Å². The topological polar surface area (TPSA) is 54.0 Å². The van der Waals surface area contributed by atoms with Gasteiger partial charge in [-0.2, -0.15) is 13.2 Å². The van der Waals surface area contributed by atoms with Crippen molar-refractivity contribution in [2.75, 3.05) is 18.4 Å². The Bertz CT molecular complexity index is 1060. The highest BCUT2D eigenvalue weighted by Crippen LogP contribution is 2.34. The van der Waals surface area contributed by atoms with Crippen LogP contribution in [0.5, 0.6) is 0 Å². The second-order valence-electron chi connectivity index (χ2n) is 7.28. The predicted molar refractivity (Wildman–Crippen MR) is 120 cm³/mol.